The van der Waals surface area contributed by atoms with Crippen LogP contribution in [0.15, 0.2) is 109 Å². The summed E-state index contributed by atoms with van der Waals surface area (Å²) in [4.78, 5) is 4.25. The average Bonchev–Trinajstić information content (AvgIpc) is 2.99. The Morgan fingerprint density at radius 2 is 0.725 bits per heavy atom. The molecule has 0 aromatic heterocycles. The molecule has 0 aliphatic carbocycles. The maximum atomic E-state index is 2.36. The highest BCUT2D eigenvalue weighted by Gasteiger charge is 2.10. The average molecular weight is 519 g/mol. The first-order valence-electron chi connectivity index (χ1n) is 13.8. The van der Waals surface area contributed by atoms with E-state index in [0.717, 1.165) is 0 Å². The van der Waals surface area contributed by atoms with Crippen LogP contribution >= 0.6 is 0 Å². The first kappa shape index (κ1) is 25.5. The number of hydrogen-bond acceptors (Lipinski definition) is 2. The van der Waals surface area contributed by atoms with Crippen molar-refractivity contribution in [3.8, 4) is 0 Å². The van der Waals surface area contributed by atoms with Gasteiger partial charge in [0.2, 0.25) is 0 Å². The van der Waals surface area contributed by atoms with Crippen LogP contribution in [-0.4, -0.2) is 28.2 Å². The molecule has 0 aliphatic rings. The Bertz CT molecular complexity index is 1730. The Hall–Kier alpha value is -4.82. The SMILES string of the molecule is CN(C)c1ccc(C=Cc2cc3c4ccccc4c(C=Cc4ccc(N(C)C)cc4)cc3c3ccccc23)cc1. The van der Waals surface area contributed by atoms with Crippen LogP contribution < -0.4 is 9.80 Å². The molecule has 40 heavy (non-hydrogen) atoms. The lowest BCUT2D eigenvalue weighted by atomic mass is 9.91. The highest BCUT2D eigenvalue weighted by atomic mass is 15.1. The minimum absolute atomic E-state index is 1.19. The lowest BCUT2D eigenvalue weighted by Gasteiger charge is -2.14. The highest BCUT2D eigenvalue weighted by Crippen LogP contribution is 2.37. The third-order valence-electron chi connectivity index (χ3n) is 7.68. The molecule has 6 rings (SSSR count). The first-order chi connectivity index (χ1) is 19.5. The van der Waals surface area contributed by atoms with Crippen LogP contribution in [0.3, 0.4) is 0 Å². The molecule has 0 saturated carbocycles. The Morgan fingerprint density at radius 1 is 0.375 bits per heavy atom. The van der Waals surface area contributed by atoms with Gasteiger partial charge in [-0.05, 0) is 91.0 Å². The van der Waals surface area contributed by atoms with Gasteiger partial charge in [0.05, 0.1) is 0 Å². The summed E-state index contributed by atoms with van der Waals surface area (Å²) in [7, 11) is 8.28. The molecule has 0 N–H and O–H groups in total. The van der Waals surface area contributed by atoms with E-state index in [9.17, 15) is 0 Å². The molecule has 6 aromatic rings. The van der Waals surface area contributed by atoms with Crippen molar-refractivity contribution in [3.05, 3.63) is 131 Å². The lowest BCUT2D eigenvalue weighted by molar-refractivity contribution is 1.13. The van der Waals surface area contributed by atoms with Crippen LogP contribution in [-0.2, 0) is 0 Å². The molecule has 0 amide bonds. The van der Waals surface area contributed by atoms with E-state index < -0.39 is 0 Å². The molecular weight excluding hydrogens is 484 g/mol. The fourth-order valence-corrected chi connectivity index (χ4v) is 5.42. The maximum Gasteiger partial charge on any atom is 0.0361 e. The van der Waals surface area contributed by atoms with Crippen molar-refractivity contribution in [1.82, 2.24) is 0 Å². The van der Waals surface area contributed by atoms with E-state index in [4.69, 9.17) is 0 Å². The zero-order valence-electron chi connectivity index (χ0n) is 23.6. The molecule has 0 saturated heterocycles. The number of nitrogens with zero attached hydrogens (tertiary/aromatic N) is 2. The second-order valence-electron chi connectivity index (χ2n) is 10.8. The van der Waals surface area contributed by atoms with Gasteiger partial charge in [0, 0.05) is 39.6 Å². The van der Waals surface area contributed by atoms with Crippen LogP contribution in [0, 0.1) is 0 Å². The summed E-state index contributed by atoms with van der Waals surface area (Å²) in [6.07, 6.45) is 8.95. The lowest BCUT2D eigenvalue weighted by Crippen LogP contribution is -2.07. The highest BCUT2D eigenvalue weighted by molar-refractivity contribution is 6.21. The Labute approximate surface area is 237 Å². The number of benzene rings is 6. The molecule has 0 radical (unpaired) electrons. The van der Waals surface area contributed by atoms with Crippen molar-refractivity contribution < 1.29 is 0 Å². The Kier molecular flexibility index (Phi) is 6.84. The maximum absolute atomic E-state index is 2.36. The zero-order chi connectivity index (χ0) is 27.6. The molecule has 0 unspecified atom stereocenters. The van der Waals surface area contributed by atoms with E-state index in [1.807, 2.05) is 0 Å². The number of fused-ring (bicyclic) bond motifs is 5. The fourth-order valence-electron chi connectivity index (χ4n) is 5.42. The standard InChI is InChI=1S/C38H34N2/c1-39(2)31-21-15-27(16-22-31)13-19-29-25-37-36-12-8-6-10-34(36)30(26-38(37)35-11-7-5-9-33(29)35)20-14-28-17-23-32(24-18-28)40(3)4/h5-26H,1-4H3. The summed E-state index contributed by atoms with van der Waals surface area (Å²) < 4.78 is 0. The van der Waals surface area contributed by atoms with Gasteiger partial charge in [-0.3, -0.25) is 0 Å². The fraction of sp³-hybridized carbons (Fsp3) is 0.105. The predicted molar refractivity (Wildman–Crippen MR) is 178 cm³/mol. The summed E-state index contributed by atoms with van der Waals surface area (Å²) in [6.45, 7) is 0. The normalized spacial score (nSPS) is 11.8. The molecular formula is C38H34N2. The van der Waals surface area contributed by atoms with E-state index in [0.29, 0.717) is 0 Å². The van der Waals surface area contributed by atoms with Gasteiger partial charge in [-0.2, -0.15) is 0 Å². The van der Waals surface area contributed by atoms with Crippen LogP contribution in [0.2, 0.25) is 0 Å². The van der Waals surface area contributed by atoms with Gasteiger partial charge in [0.15, 0.2) is 0 Å². The summed E-state index contributed by atoms with van der Waals surface area (Å²) >= 11 is 0. The second kappa shape index (κ2) is 10.7. The van der Waals surface area contributed by atoms with Crippen LogP contribution in [0.25, 0.3) is 56.6 Å². The van der Waals surface area contributed by atoms with E-state index in [-0.39, 0.29) is 0 Å². The van der Waals surface area contributed by atoms with Gasteiger partial charge < -0.3 is 9.80 Å². The molecule has 6 aromatic carbocycles. The van der Waals surface area contributed by atoms with Crippen LogP contribution in [0.4, 0.5) is 11.4 Å². The molecule has 0 fully saturated rings. The smallest absolute Gasteiger partial charge is 0.0361 e. The Balaban J connectivity index is 1.48. The Morgan fingerprint density at radius 3 is 1.07 bits per heavy atom. The largest absolute Gasteiger partial charge is 0.378 e. The van der Waals surface area contributed by atoms with Crippen LogP contribution in [0.1, 0.15) is 22.3 Å². The molecule has 2 heteroatoms. The summed E-state index contributed by atoms with van der Waals surface area (Å²) in [6, 6.07) is 39.6. The molecule has 2 nitrogen and oxygen atoms in total. The van der Waals surface area contributed by atoms with Crippen molar-refractivity contribution in [2.24, 2.45) is 0 Å². The van der Waals surface area contributed by atoms with E-state index in [2.05, 4.69) is 171 Å². The van der Waals surface area contributed by atoms with E-state index in [1.165, 1.54) is 65.9 Å². The van der Waals surface area contributed by atoms with Gasteiger partial charge >= 0.3 is 0 Å². The molecule has 0 aliphatic heterocycles. The topological polar surface area (TPSA) is 6.48 Å². The van der Waals surface area contributed by atoms with Crippen molar-refractivity contribution >= 4 is 68.0 Å². The van der Waals surface area contributed by atoms with Crippen molar-refractivity contribution in [1.29, 1.82) is 0 Å². The van der Waals surface area contributed by atoms with Gasteiger partial charge in [-0.15, -0.1) is 0 Å². The van der Waals surface area contributed by atoms with Gasteiger partial charge in [0.25, 0.3) is 0 Å². The summed E-state index contributed by atoms with van der Waals surface area (Å²) in [5, 5.41) is 7.65. The van der Waals surface area contributed by atoms with Crippen molar-refractivity contribution in [2.75, 3.05) is 38.0 Å². The predicted octanol–water partition coefficient (Wildman–Crippen LogP) is 9.62. The zero-order valence-corrected chi connectivity index (χ0v) is 23.6. The van der Waals surface area contributed by atoms with E-state index >= 15 is 0 Å². The molecule has 0 spiro atoms. The number of rotatable bonds is 6. The molecule has 0 heterocycles. The molecule has 0 bridgehead atoms. The van der Waals surface area contributed by atoms with Crippen molar-refractivity contribution in [3.63, 3.8) is 0 Å². The number of anilines is 2. The third-order valence-corrected chi connectivity index (χ3v) is 7.68. The summed E-state index contributed by atoms with van der Waals surface area (Å²) in [5.41, 5.74) is 7.26. The minimum atomic E-state index is 1.19. The molecule has 0 atom stereocenters. The van der Waals surface area contributed by atoms with Crippen molar-refractivity contribution in [2.45, 2.75) is 0 Å². The quantitative estimate of drug-likeness (QED) is 0.160. The first-order valence-corrected chi connectivity index (χ1v) is 13.8. The van der Waals surface area contributed by atoms with Gasteiger partial charge in [-0.25, -0.2) is 0 Å². The summed E-state index contributed by atoms with van der Waals surface area (Å²) in [5.74, 6) is 0. The molecule has 196 valence electrons. The second-order valence-corrected chi connectivity index (χ2v) is 10.8. The number of hydrogen-bond donors (Lipinski definition) is 0. The monoisotopic (exact) mass is 518 g/mol. The van der Waals surface area contributed by atoms with Gasteiger partial charge in [-0.1, -0.05) is 97.1 Å². The van der Waals surface area contributed by atoms with Gasteiger partial charge in [0.1, 0.15) is 0 Å². The van der Waals surface area contributed by atoms with Crippen LogP contribution in [0.5, 0.6) is 0 Å². The third kappa shape index (κ3) is 4.97. The minimum Gasteiger partial charge on any atom is -0.378 e. The van der Waals surface area contributed by atoms with E-state index in [1.54, 1.807) is 0 Å².